The van der Waals surface area contributed by atoms with Crippen molar-refractivity contribution in [2.24, 2.45) is 0 Å². The molecular formula is C12H12ClNO3. The summed E-state index contributed by atoms with van der Waals surface area (Å²) >= 11 is 6.00. The molecular weight excluding hydrogens is 242 g/mol. The van der Waals surface area contributed by atoms with E-state index in [4.69, 9.17) is 26.3 Å². The van der Waals surface area contributed by atoms with Crippen LogP contribution in [-0.4, -0.2) is 19.7 Å². The summed E-state index contributed by atoms with van der Waals surface area (Å²) in [6.07, 6.45) is 0.0293. The average molecular weight is 254 g/mol. The molecule has 0 bridgehead atoms. The van der Waals surface area contributed by atoms with Crippen LogP contribution in [0.1, 0.15) is 18.1 Å². The van der Waals surface area contributed by atoms with E-state index in [-0.39, 0.29) is 12.4 Å². The number of carbonyl (C=O) groups is 1. The van der Waals surface area contributed by atoms with Crippen LogP contribution in [0.4, 0.5) is 0 Å². The van der Waals surface area contributed by atoms with Gasteiger partial charge in [0, 0.05) is 10.6 Å². The summed E-state index contributed by atoms with van der Waals surface area (Å²) < 4.78 is 9.94. The molecule has 0 fully saturated rings. The Bertz CT molecular complexity index is 466. The minimum Gasteiger partial charge on any atom is -0.496 e. The van der Waals surface area contributed by atoms with E-state index in [1.165, 1.54) is 13.2 Å². The molecule has 17 heavy (non-hydrogen) atoms. The van der Waals surface area contributed by atoms with E-state index >= 15 is 0 Å². The van der Waals surface area contributed by atoms with Crippen molar-refractivity contribution in [1.82, 2.24) is 0 Å². The maximum atomic E-state index is 11.4. The third-order valence-corrected chi connectivity index (χ3v) is 2.47. The molecule has 0 amide bonds. The predicted octanol–water partition coefficient (Wildman–Crippen LogP) is 2.33. The lowest BCUT2D eigenvalue weighted by Gasteiger charge is -2.10. The quantitative estimate of drug-likeness (QED) is 0.773. The van der Waals surface area contributed by atoms with Gasteiger partial charge in [-0.25, -0.2) is 0 Å². The van der Waals surface area contributed by atoms with E-state index in [1.54, 1.807) is 13.0 Å². The van der Waals surface area contributed by atoms with Gasteiger partial charge in [-0.3, -0.25) is 4.79 Å². The Morgan fingerprint density at radius 2 is 2.24 bits per heavy atom. The zero-order valence-corrected chi connectivity index (χ0v) is 10.4. The van der Waals surface area contributed by atoms with Crippen LogP contribution in [0.5, 0.6) is 5.75 Å². The van der Waals surface area contributed by atoms with Crippen molar-refractivity contribution < 1.29 is 14.3 Å². The molecule has 5 heteroatoms. The molecule has 0 aliphatic rings. The van der Waals surface area contributed by atoms with Gasteiger partial charge in [0.05, 0.1) is 31.8 Å². The Hall–Kier alpha value is -1.73. The maximum Gasteiger partial charge on any atom is 0.310 e. The second-order valence-corrected chi connectivity index (χ2v) is 3.64. The molecule has 0 spiro atoms. The molecule has 0 atom stereocenters. The molecule has 0 radical (unpaired) electrons. The first kappa shape index (κ1) is 13.3. The van der Waals surface area contributed by atoms with Crippen molar-refractivity contribution in [2.45, 2.75) is 13.3 Å². The largest absolute Gasteiger partial charge is 0.496 e. The lowest BCUT2D eigenvalue weighted by Crippen LogP contribution is -2.09. The van der Waals surface area contributed by atoms with Gasteiger partial charge in [0.2, 0.25) is 0 Å². The highest BCUT2D eigenvalue weighted by molar-refractivity contribution is 6.31. The predicted molar refractivity (Wildman–Crippen MR) is 63.1 cm³/mol. The fourth-order valence-corrected chi connectivity index (χ4v) is 1.66. The number of nitrogens with zero attached hydrogens (tertiary/aromatic N) is 1. The second-order valence-electron chi connectivity index (χ2n) is 3.23. The third-order valence-electron chi connectivity index (χ3n) is 2.13. The topological polar surface area (TPSA) is 59.3 Å². The average Bonchev–Trinajstić information content (AvgIpc) is 2.31. The van der Waals surface area contributed by atoms with Crippen LogP contribution in [0.3, 0.4) is 0 Å². The van der Waals surface area contributed by atoms with Crippen LogP contribution < -0.4 is 4.74 Å². The van der Waals surface area contributed by atoms with Gasteiger partial charge in [-0.2, -0.15) is 5.26 Å². The van der Waals surface area contributed by atoms with Crippen LogP contribution in [0.25, 0.3) is 0 Å². The zero-order chi connectivity index (χ0) is 12.8. The summed E-state index contributed by atoms with van der Waals surface area (Å²) in [5.41, 5.74) is 0.922. The first-order valence-corrected chi connectivity index (χ1v) is 5.42. The number of hydrogen-bond donors (Lipinski definition) is 0. The molecule has 1 aromatic rings. The van der Waals surface area contributed by atoms with E-state index in [9.17, 15) is 4.79 Å². The Morgan fingerprint density at radius 3 is 2.76 bits per heavy atom. The number of esters is 1. The minimum absolute atomic E-state index is 0.0293. The van der Waals surface area contributed by atoms with Crippen molar-refractivity contribution in [3.8, 4) is 11.8 Å². The number of rotatable bonds is 4. The van der Waals surface area contributed by atoms with Gasteiger partial charge in [-0.15, -0.1) is 0 Å². The van der Waals surface area contributed by atoms with Crippen LogP contribution in [0, 0.1) is 11.3 Å². The number of methoxy groups -OCH3 is 1. The SMILES string of the molecule is CCOC(=O)Cc1c(Cl)cc(C#N)cc1OC. The number of nitriles is 1. The van der Waals surface area contributed by atoms with Crippen LogP contribution in [0.2, 0.25) is 5.02 Å². The highest BCUT2D eigenvalue weighted by Crippen LogP contribution is 2.29. The molecule has 0 N–H and O–H groups in total. The second kappa shape index (κ2) is 6.12. The van der Waals surface area contributed by atoms with E-state index < -0.39 is 0 Å². The first-order valence-electron chi connectivity index (χ1n) is 5.04. The van der Waals surface area contributed by atoms with Gasteiger partial charge >= 0.3 is 5.97 Å². The van der Waals surface area contributed by atoms with E-state index in [1.807, 2.05) is 6.07 Å². The highest BCUT2D eigenvalue weighted by atomic mass is 35.5. The number of hydrogen-bond acceptors (Lipinski definition) is 4. The van der Waals surface area contributed by atoms with Gasteiger partial charge in [0.15, 0.2) is 0 Å². The van der Waals surface area contributed by atoms with Crippen molar-refractivity contribution >= 4 is 17.6 Å². The monoisotopic (exact) mass is 253 g/mol. The van der Waals surface area contributed by atoms with Crippen molar-refractivity contribution in [2.75, 3.05) is 13.7 Å². The van der Waals surface area contributed by atoms with Crippen molar-refractivity contribution in [3.05, 3.63) is 28.3 Å². The normalized spacial score (nSPS) is 9.53. The summed E-state index contributed by atoms with van der Waals surface area (Å²) in [6.45, 7) is 2.05. The third kappa shape index (κ3) is 3.36. The fourth-order valence-electron chi connectivity index (χ4n) is 1.39. The number of benzene rings is 1. The van der Waals surface area contributed by atoms with Crippen LogP contribution in [-0.2, 0) is 16.0 Å². The molecule has 0 heterocycles. The molecule has 90 valence electrons. The number of halogens is 1. The Balaban J connectivity index is 3.06. The van der Waals surface area contributed by atoms with E-state index in [2.05, 4.69) is 0 Å². The standard InChI is InChI=1S/C12H12ClNO3/c1-3-17-12(15)6-9-10(13)4-8(7-14)5-11(9)16-2/h4-5H,3,6H2,1-2H3. The van der Waals surface area contributed by atoms with Gasteiger partial charge in [0.1, 0.15) is 5.75 Å². The Labute approximate surface area is 105 Å². The highest BCUT2D eigenvalue weighted by Gasteiger charge is 2.14. The Morgan fingerprint density at radius 1 is 1.53 bits per heavy atom. The van der Waals surface area contributed by atoms with E-state index in [0.717, 1.165) is 0 Å². The summed E-state index contributed by atoms with van der Waals surface area (Å²) in [7, 11) is 1.46. The van der Waals surface area contributed by atoms with Crippen LogP contribution in [0.15, 0.2) is 12.1 Å². The number of carbonyl (C=O) groups excluding carboxylic acids is 1. The zero-order valence-electron chi connectivity index (χ0n) is 9.62. The number of ether oxygens (including phenoxy) is 2. The molecule has 0 aliphatic heterocycles. The smallest absolute Gasteiger partial charge is 0.310 e. The summed E-state index contributed by atoms with van der Waals surface area (Å²) in [5.74, 6) is 0.0412. The van der Waals surface area contributed by atoms with Gasteiger partial charge < -0.3 is 9.47 Å². The van der Waals surface area contributed by atoms with Gasteiger partial charge in [0.25, 0.3) is 0 Å². The summed E-state index contributed by atoms with van der Waals surface area (Å²) in [4.78, 5) is 11.4. The molecule has 0 saturated heterocycles. The van der Waals surface area contributed by atoms with Crippen LogP contribution >= 0.6 is 11.6 Å². The molecule has 0 unspecified atom stereocenters. The van der Waals surface area contributed by atoms with Crippen molar-refractivity contribution in [3.63, 3.8) is 0 Å². The molecule has 0 saturated carbocycles. The molecule has 1 aromatic carbocycles. The molecule has 0 aliphatic carbocycles. The van der Waals surface area contributed by atoms with Gasteiger partial charge in [-0.1, -0.05) is 11.6 Å². The molecule has 0 aromatic heterocycles. The minimum atomic E-state index is -0.377. The summed E-state index contributed by atoms with van der Waals surface area (Å²) in [6, 6.07) is 5.01. The van der Waals surface area contributed by atoms with Gasteiger partial charge in [-0.05, 0) is 19.1 Å². The fraction of sp³-hybridized carbons (Fsp3) is 0.333. The van der Waals surface area contributed by atoms with E-state index in [0.29, 0.717) is 28.5 Å². The summed E-state index contributed by atoms with van der Waals surface area (Å²) in [5, 5.41) is 9.11. The first-order chi connectivity index (χ1) is 8.12. The van der Waals surface area contributed by atoms with Crippen molar-refractivity contribution in [1.29, 1.82) is 5.26 Å². The lowest BCUT2D eigenvalue weighted by molar-refractivity contribution is -0.142. The lowest BCUT2D eigenvalue weighted by atomic mass is 10.1. The molecule has 4 nitrogen and oxygen atoms in total. The maximum absolute atomic E-state index is 11.4. The Kier molecular flexibility index (Phi) is 4.80. The molecule has 1 rings (SSSR count).